The monoisotopic (exact) mass is 315 g/mol. The smallest absolute Gasteiger partial charge is 0.357 e. The van der Waals surface area contributed by atoms with Crippen LogP contribution in [0.3, 0.4) is 0 Å². The molecule has 0 radical (unpaired) electrons. The summed E-state index contributed by atoms with van der Waals surface area (Å²) in [5, 5.41) is 6.55. The molecule has 0 bridgehead atoms. The molecule has 0 saturated carbocycles. The van der Waals surface area contributed by atoms with E-state index in [-0.39, 0.29) is 5.69 Å². The predicted molar refractivity (Wildman–Crippen MR) is 82.8 cm³/mol. The molecule has 3 rings (SSSR count). The van der Waals surface area contributed by atoms with Crippen molar-refractivity contribution in [1.29, 1.82) is 0 Å². The summed E-state index contributed by atoms with van der Waals surface area (Å²) >= 11 is 1.27. The molecule has 0 aliphatic carbocycles. The second kappa shape index (κ2) is 5.94. The van der Waals surface area contributed by atoms with Gasteiger partial charge in [0.25, 0.3) is 0 Å². The highest BCUT2D eigenvalue weighted by molar-refractivity contribution is 7.12. The van der Waals surface area contributed by atoms with Gasteiger partial charge in [0, 0.05) is 29.4 Å². The molecule has 3 aromatic rings. The van der Waals surface area contributed by atoms with Gasteiger partial charge in [-0.25, -0.2) is 9.78 Å². The summed E-state index contributed by atoms with van der Waals surface area (Å²) in [5.41, 5.74) is 7.78. The van der Waals surface area contributed by atoms with Gasteiger partial charge in [-0.15, -0.1) is 11.3 Å². The number of rotatable bonds is 4. The van der Waals surface area contributed by atoms with E-state index in [0.29, 0.717) is 23.3 Å². The van der Waals surface area contributed by atoms with Crippen molar-refractivity contribution in [3.8, 4) is 16.4 Å². The second-order valence-electron chi connectivity index (χ2n) is 4.34. The highest BCUT2D eigenvalue weighted by Gasteiger charge is 2.16. The van der Waals surface area contributed by atoms with E-state index in [0.717, 1.165) is 5.56 Å². The number of nitrogens with zero attached hydrogens (tertiary/aromatic N) is 4. The number of anilines is 1. The quantitative estimate of drug-likeness (QED) is 0.741. The zero-order valence-corrected chi connectivity index (χ0v) is 12.6. The summed E-state index contributed by atoms with van der Waals surface area (Å²) in [7, 11) is 0. The maximum atomic E-state index is 11.7. The van der Waals surface area contributed by atoms with Gasteiger partial charge in [0.15, 0.2) is 5.69 Å². The molecule has 0 aliphatic heterocycles. The van der Waals surface area contributed by atoms with Crippen molar-refractivity contribution in [3.63, 3.8) is 0 Å². The number of nitrogens with two attached hydrogens (primary N) is 1. The van der Waals surface area contributed by atoms with Crippen LogP contribution in [0.15, 0.2) is 36.0 Å². The number of hydrogen-bond acceptors (Lipinski definition) is 7. The lowest BCUT2D eigenvalue weighted by atomic mass is 10.2. The number of nitrogen functional groups attached to an aromatic ring is 1. The fraction of sp³-hybridized carbons (Fsp3) is 0.143. The Balaban J connectivity index is 1.93. The standard InChI is InChI=1S/C14H13N5O2S/c1-2-21-13(20)11-8-22-14(17-11)19-12(15)6-10(18-19)9-4-3-5-16-7-9/h3-8H,2,15H2,1H3. The number of pyridine rings is 1. The van der Waals surface area contributed by atoms with E-state index in [1.165, 1.54) is 16.0 Å². The number of aromatic nitrogens is 4. The van der Waals surface area contributed by atoms with Gasteiger partial charge in [0.1, 0.15) is 5.82 Å². The Kier molecular flexibility index (Phi) is 3.84. The summed E-state index contributed by atoms with van der Waals surface area (Å²) in [6, 6.07) is 5.46. The third kappa shape index (κ3) is 2.68. The first-order chi connectivity index (χ1) is 10.7. The minimum absolute atomic E-state index is 0.250. The molecule has 3 heterocycles. The number of ether oxygens (including phenoxy) is 1. The lowest BCUT2D eigenvalue weighted by Gasteiger charge is -1.98. The van der Waals surface area contributed by atoms with Crippen molar-refractivity contribution in [2.45, 2.75) is 6.92 Å². The SMILES string of the molecule is CCOC(=O)c1csc(-n2nc(-c3cccnc3)cc2N)n1. The van der Waals surface area contributed by atoms with Crippen molar-refractivity contribution in [2.75, 3.05) is 12.3 Å². The van der Waals surface area contributed by atoms with Gasteiger partial charge >= 0.3 is 5.97 Å². The average molecular weight is 315 g/mol. The topological polar surface area (TPSA) is 95.9 Å². The molecule has 2 N–H and O–H groups in total. The summed E-state index contributed by atoms with van der Waals surface area (Å²) in [4.78, 5) is 19.9. The molecule has 0 atom stereocenters. The third-order valence-electron chi connectivity index (χ3n) is 2.85. The third-order valence-corrected chi connectivity index (χ3v) is 3.67. The number of carbonyl (C=O) groups is 1. The second-order valence-corrected chi connectivity index (χ2v) is 5.18. The Morgan fingerprint density at radius 1 is 1.50 bits per heavy atom. The van der Waals surface area contributed by atoms with Gasteiger partial charge in [0.2, 0.25) is 5.13 Å². The molecule has 0 saturated heterocycles. The number of esters is 1. The fourth-order valence-corrected chi connectivity index (χ4v) is 2.63. The fourth-order valence-electron chi connectivity index (χ4n) is 1.86. The van der Waals surface area contributed by atoms with Crippen LogP contribution < -0.4 is 5.73 Å². The van der Waals surface area contributed by atoms with Gasteiger partial charge in [-0.05, 0) is 19.1 Å². The van der Waals surface area contributed by atoms with Gasteiger partial charge in [-0.2, -0.15) is 9.78 Å². The minimum atomic E-state index is -0.455. The van der Waals surface area contributed by atoms with E-state index in [9.17, 15) is 4.79 Å². The maximum Gasteiger partial charge on any atom is 0.357 e. The number of carbonyl (C=O) groups excluding carboxylic acids is 1. The summed E-state index contributed by atoms with van der Waals surface area (Å²) in [5.74, 6) is -0.0215. The minimum Gasteiger partial charge on any atom is -0.461 e. The molecule has 112 valence electrons. The number of hydrogen-bond donors (Lipinski definition) is 1. The van der Waals surface area contributed by atoms with Crippen molar-refractivity contribution < 1.29 is 9.53 Å². The Labute approximate surface area is 130 Å². The lowest BCUT2D eigenvalue weighted by molar-refractivity contribution is 0.0520. The Morgan fingerprint density at radius 3 is 3.09 bits per heavy atom. The van der Waals surface area contributed by atoms with Crippen LogP contribution in [-0.2, 0) is 4.74 Å². The molecule has 0 amide bonds. The zero-order valence-electron chi connectivity index (χ0n) is 11.8. The molecule has 0 unspecified atom stereocenters. The van der Waals surface area contributed by atoms with Crippen LogP contribution in [0.5, 0.6) is 0 Å². The lowest BCUT2D eigenvalue weighted by Crippen LogP contribution is -2.06. The Hall–Kier alpha value is -2.74. The Morgan fingerprint density at radius 2 is 2.36 bits per heavy atom. The molecule has 8 heteroatoms. The average Bonchev–Trinajstić information content (AvgIpc) is 3.15. The highest BCUT2D eigenvalue weighted by Crippen LogP contribution is 2.24. The van der Waals surface area contributed by atoms with Crippen molar-refractivity contribution >= 4 is 23.1 Å². The summed E-state index contributed by atoms with van der Waals surface area (Å²) in [6.45, 7) is 2.05. The van der Waals surface area contributed by atoms with E-state index < -0.39 is 5.97 Å². The van der Waals surface area contributed by atoms with Crippen LogP contribution in [0, 0.1) is 0 Å². The van der Waals surface area contributed by atoms with E-state index in [1.54, 1.807) is 30.8 Å². The van der Waals surface area contributed by atoms with E-state index >= 15 is 0 Å². The first-order valence-corrected chi connectivity index (χ1v) is 7.46. The number of thiazole rings is 1. The van der Waals surface area contributed by atoms with Crippen molar-refractivity contribution in [1.82, 2.24) is 19.7 Å². The van der Waals surface area contributed by atoms with Crippen LogP contribution in [0.2, 0.25) is 0 Å². The predicted octanol–water partition coefficient (Wildman–Crippen LogP) is 2.15. The van der Waals surface area contributed by atoms with Crippen LogP contribution in [0.4, 0.5) is 5.82 Å². The van der Waals surface area contributed by atoms with E-state index in [4.69, 9.17) is 10.5 Å². The van der Waals surface area contributed by atoms with Crippen molar-refractivity contribution in [2.24, 2.45) is 0 Å². The first-order valence-electron chi connectivity index (χ1n) is 6.58. The van der Waals surface area contributed by atoms with E-state index in [2.05, 4.69) is 15.1 Å². The van der Waals surface area contributed by atoms with Gasteiger partial charge < -0.3 is 10.5 Å². The molecule has 7 nitrogen and oxygen atoms in total. The van der Waals surface area contributed by atoms with Gasteiger partial charge in [0.05, 0.1) is 12.3 Å². The van der Waals surface area contributed by atoms with Crippen LogP contribution in [-0.4, -0.2) is 32.3 Å². The molecule has 0 spiro atoms. The zero-order chi connectivity index (χ0) is 15.5. The normalized spacial score (nSPS) is 10.6. The van der Waals surface area contributed by atoms with Crippen molar-refractivity contribution in [3.05, 3.63) is 41.7 Å². The largest absolute Gasteiger partial charge is 0.461 e. The first kappa shape index (κ1) is 14.2. The molecule has 0 aromatic carbocycles. The van der Waals surface area contributed by atoms with Crippen LogP contribution in [0.25, 0.3) is 16.4 Å². The highest BCUT2D eigenvalue weighted by atomic mass is 32.1. The van der Waals surface area contributed by atoms with Crippen LogP contribution >= 0.6 is 11.3 Å². The molecule has 22 heavy (non-hydrogen) atoms. The van der Waals surface area contributed by atoms with Gasteiger partial charge in [-0.1, -0.05) is 0 Å². The molecular weight excluding hydrogens is 302 g/mol. The Bertz CT molecular complexity index is 797. The van der Waals surface area contributed by atoms with Gasteiger partial charge in [-0.3, -0.25) is 4.98 Å². The summed E-state index contributed by atoms with van der Waals surface area (Å²) in [6.07, 6.45) is 3.40. The van der Waals surface area contributed by atoms with Crippen LogP contribution in [0.1, 0.15) is 17.4 Å². The molecule has 3 aromatic heterocycles. The summed E-state index contributed by atoms with van der Waals surface area (Å²) < 4.78 is 6.41. The molecule has 0 aliphatic rings. The molecule has 0 fully saturated rings. The van der Waals surface area contributed by atoms with E-state index in [1.807, 2.05) is 12.1 Å². The maximum absolute atomic E-state index is 11.7. The molecular formula is C14H13N5O2S.